The zero-order valence-electron chi connectivity index (χ0n) is 12.6. The van der Waals surface area contributed by atoms with Crippen molar-refractivity contribution >= 4 is 5.91 Å². The largest absolute Gasteiger partial charge is 0.344 e. The molecule has 0 aromatic carbocycles. The number of amides is 1. The van der Waals surface area contributed by atoms with E-state index in [-0.39, 0.29) is 5.91 Å². The third-order valence-electron chi connectivity index (χ3n) is 4.66. The number of carbonyl (C=O) groups is 1. The lowest BCUT2D eigenvalue weighted by molar-refractivity contribution is 0.0723. The molecule has 1 unspecified atom stereocenters. The smallest absolute Gasteiger partial charge is 0.270 e. The van der Waals surface area contributed by atoms with Crippen LogP contribution in [0.25, 0.3) is 0 Å². The van der Waals surface area contributed by atoms with Crippen molar-refractivity contribution in [2.75, 3.05) is 19.6 Å². The predicted molar refractivity (Wildman–Crippen MR) is 79.8 cm³/mol. The van der Waals surface area contributed by atoms with Crippen LogP contribution in [0.2, 0.25) is 0 Å². The number of nitrogens with zero attached hydrogens (tertiary/aromatic N) is 2. The second-order valence-electron chi connectivity index (χ2n) is 6.37. The fourth-order valence-electron chi connectivity index (χ4n) is 3.02. The van der Waals surface area contributed by atoms with Gasteiger partial charge in [0.05, 0.1) is 0 Å². The molecule has 1 amide bonds. The lowest BCUT2D eigenvalue weighted by atomic mass is 10.2. The summed E-state index contributed by atoms with van der Waals surface area (Å²) in [7, 11) is 1.98. The van der Waals surface area contributed by atoms with Crippen LogP contribution in [0, 0.1) is 12.8 Å². The first-order valence-corrected chi connectivity index (χ1v) is 7.80. The molecule has 1 aromatic heterocycles. The van der Waals surface area contributed by atoms with E-state index < -0.39 is 0 Å². The minimum atomic E-state index is 0.196. The van der Waals surface area contributed by atoms with E-state index >= 15 is 0 Å². The van der Waals surface area contributed by atoms with Crippen LogP contribution in [0.15, 0.2) is 12.1 Å². The second kappa shape index (κ2) is 5.60. The Hall–Kier alpha value is -1.29. The lowest BCUT2D eigenvalue weighted by Gasteiger charge is -2.26. The van der Waals surface area contributed by atoms with E-state index in [0.29, 0.717) is 6.04 Å². The molecule has 1 saturated heterocycles. The minimum Gasteiger partial charge on any atom is -0.344 e. The highest BCUT2D eigenvalue weighted by Crippen LogP contribution is 2.30. The maximum absolute atomic E-state index is 12.8. The molecule has 1 atom stereocenters. The molecule has 2 fully saturated rings. The average molecular weight is 275 g/mol. The molecule has 2 heterocycles. The number of aromatic nitrogens is 1. The molecule has 110 valence electrons. The van der Waals surface area contributed by atoms with Gasteiger partial charge in [0.15, 0.2) is 0 Å². The molecule has 0 bridgehead atoms. The Bertz CT molecular complexity index is 484. The molecule has 3 rings (SSSR count). The zero-order valence-corrected chi connectivity index (χ0v) is 12.6. The molecule has 2 aliphatic rings. The third-order valence-corrected chi connectivity index (χ3v) is 4.66. The summed E-state index contributed by atoms with van der Waals surface area (Å²) in [5.74, 6) is 0.933. The van der Waals surface area contributed by atoms with Gasteiger partial charge in [0, 0.05) is 31.9 Å². The molecule has 20 heavy (non-hydrogen) atoms. The number of carbonyl (C=O) groups excluding carboxylic acids is 1. The van der Waals surface area contributed by atoms with Gasteiger partial charge in [-0.2, -0.15) is 0 Å². The van der Waals surface area contributed by atoms with E-state index in [1.54, 1.807) is 0 Å². The number of nitrogens with one attached hydrogen (secondary N) is 1. The van der Waals surface area contributed by atoms with Crippen molar-refractivity contribution in [1.82, 2.24) is 14.8 Å². The highest BCUT2D eigenvalue weighted by molar-refractivity contribution is 5.93. The van der Waals surface area contributed by atoms with Crippen LogP contribution in [-0.2, 0) is 7.05 Å². The summed E-state index contributed by atoms with van der Waals surface area (Å²) in [5.41, 5.74) is 1.96. The summed E-state index contributed by atoms with van der Waals surface area (Å²) >= 11 is 0. The Labute approximate surface area is 121 Å². The molecule has 1 aliphatic carbocycles. The zero-order chi connectivity index (χ0) is 14.1. The normalized spacial score (nSPS) is 22.2. The van der Waals surface area contributed by atoms with Gasteiger partial charge in [-0.1, -0.05) is 0 Å². The Kier molecular flexibility index (Phi) is 3.83. The maximum atomic E-state index is 12.8. The summed E-state index contributed by atoms with van der Waals surface area (Å²) in [6, 6.07) is 4.47. The van der Waals surface area contributed by atoms with E-state index in [1.807, 2.05) is 30.7 Å². The SMILES string of the molecule is Cc1ccc(C(=O)N(CC2CC2)CC2CCCN2)n1C. The van der Waals surface area contributed by atoms with Gasteiger partial charge in [0.2, 0.25) is 0 Å². The Morgan fingerprint density at radius 3 is 2.70 bits per heavy atom. The van der Waals surface area contributed by atoms with Crippen molar-refractivity contribution in [3.63, 3.8) is 0 Å². The van der Waals surface area contributed by atoms with Gasteiger partial charge in [-0.3, -0.25) is 4.79 Å². The van der Waals surface area contributed by atoms with E-state index in [0.717, 1.165) is 36.9 Å². The van der Waals surface area contributed by atoms with Gasteiger partial charge < -0.3 is 14.8 Å². The molecular formula is C16H25N3O. The van der Waals surface area contributed by atoms with Crippen molar-refractivity contribution < 1.29 is 4.79 Å². The van der Waals surface area contributed by atoms with E-state index in [4.69, 9.17) is 0 Å². The highest BCUT2D eigenvalue weighted by atomic mass is 16.2. The van der Waals surface area contributed by atoms with Crippen LogP contribution in [0.4, 0.5) is 0 Å². The summed E-state index contributed by atoms with van der Waals surface area (Å²) in [5, 5.41) is 3.51. The molecule has 1 saturated carbocycles. The molecule has 0 spiro atoms. The number of hydrogen-bond acceptors (Lipinski definition) is 2. The summed E-state index contributed by atoms with van der Waals surface area (Å²) in [4.78, 5) is 14.9. The first-order valence-electron chi connectivity index (χ1n) is 7.80. The number of rotatable bonds is 5. The second-order valence-corrected chi connectivity index (χ2v) is 6.37. The van der Waals surface area contributed by atoms with Crippen molar-refractivity contribution in [3.8, 4) is 0 Å². The highest BCUT2D eigenvalue weighted by Gasteiger charge is 2.30. The van der Waals surface area contributed by atoms with Gasteiger partial charge >= 0.3 is 0 Å². The van der Waals surface area contributed by atoms with Gasteiger partial charge in [0.1, 0.15) is 5.69 Å². The van der Waals surface area contributed by atoms with Gasteiger partial charge in [-0.05, 0) is 57.2 Å². The standard InChI is InChI=1S/C16H25N3O/c1-12-5-8-15(18(12)2)16(20)19(10-13-6-7-13)11-14-4-3-9-17-14/h5,8,13-14,17H,3-4,6-7,9-11H2,1-2H3. The predicted octanol–water partition coefficient (Wildman–Crippen LogP) is 1.94. The number of aryl methyl sites for hydroxylation is 1. The Morgan fingerprint density at radius 2 is 2.15 bits per heavy atom. The van der Waals surface area contributed by atoms with Crippen molar-refractivity contribution in [3.05, 3.63) is 23.5 Å². The summed E-state index contributed by atoms with van der Waals surface area (Å²) in [6.45, 7) is 4.93. The molecule has 1 aliphatic heterocycles. The molecule has 1 aromatic rings. The Balaban J connectivity index is 1.72. The molecule has 0 radical (unpaired) electrons. The van der Waals surface area contributed by atoms with Crippen LogP contribution < -0.4 is 5.32 Å². The van der Waals surface area contributed by atoms with Crippen LogP contribution in [-0.4, -0.2) is 41.1 Å². The first kappa shape index (κ1) is 13.7. The minimum absolute atomic E-state index is 0.196. The van der Waals surface area contributed by atoms with Gasteiger partial charge in [-0.15, -0.1) is 0 Å². The van der Waals surface area contributed by atoms with Crippen LogP contribution >= 0.6 is 0 Å². The van der Waals surface area contributed by atoms with Crippen molar-refractivity contribution in [1.29, 1.82) is 0 Å². The van der Waals surface area contributed by atoms with Gasteiger partial charge in [-0.25, -0.2) is 0 Å². The van der Waals surface area contributed by atoms with Crippen LogP contribution in [0.5, 0.6) is 0 Å². The monoisotopic (exact) mass is 275 g/mol. The topological polar surface area (TPSA) is 37.3 Å². The summed E-state index contributed by atoms with van der Waals surface area (Å²) in [6.07, 6.45) is 5.00. The molecule has 4 heteroatoms. The number of hydrogen-bond donors (Lipinski definition) is 1. The third kappa shape index (κ3) is 2.90. The molecular weight excluding hydrogens is 250 g/mol. The fraction of sp³-hybridized carbons (Fsp3) is 0.688. The molecule has 1 N–H and O–H groups in total. The fourth-order valence-corrected chi connectivity index (χ4v) is 3.02. The average Bonchev–Trinajstić information content (AvgIpc) is 2.98. The van der Waals surface area contributed by atoms with Crippen LogP contribution in [0.3, 0.4) is 0 Å². The Morgan fingerprint density at radius 1 is 1.35 bits per heavy atom. The molecule has 4 nitrogen and oxygen atoms in total. The van der Waals surface area contributed by atoms with Crippen molar-refractivity contribution in [2.45, 2.75) is 38.6 Å². The van der Waals surface area contributed by atoms with E-state index in [1.165, 1.54) is 25.7 Å². The lowest BCUT2D eigenvalue weighted by Crippen LogP contribution is -2.42. The summed E-state index contributed by atoms with van der Waals surface area (Å²) < 4.78 is 2.00. The van der Waals surface area contributed by atoms with E-state index in [9.17, 15) is 4.79 Å². The first-order chi connectivity index (χ1) is 9.65. The quantitative estimate of drug-likeness (QED) is 0.891. The van der Waals surface area contributed by atoms with Crippen LogP contribution in [0.1, 0.15) is 41.9 Å². The van der Waals surface area contributed by atoms with Gasteiger partial charge in [0.25, 0.3) is 5.91 Å². The maximum Gasteiger partial charge on any atom is 0.270 e. The van der Waals surface area contributed by atoms with Crippen molar-refractivity contribution in [2.24, 2.45) is 13.0 Å². The van der Waals surface area contributed by atoms with E-state index in [2.05, 4.69) is 10.2 Å².